The Morgan fingerprint density at radius 3 is 2.33 bits per heavy atom. The minimum Gasteiger partial charge on any atom is -0.371 e. The molecule has 5 rings (SSSR count). The molecule has 3 heterocycles. The van der Waals surface area contributed by atoms with Crippen molar-refractivity contribution in [3.63, 3.8) is 0 Å². The van der Waals surface area contributed by atoms with E-state index in [0.29, 0.717) is 17.0 Å². The zero-order valence-corrected chi connectivity index (χ0v) is 19.2. The monoisotopic (exact) mass is 452 g/mol. The highest BCUT2D eigenvalue weighted by molar-refractivity contribution is 6.30. The minimum atomic E-state index is -1.01. The highest BCUT2D eigenvalue weighted by atomic mass is 16.2. The maximum atomic E-state index is 13.4. The summed E-state index contributed by atoms with van der Waals surface area (Å²) in [5.74, 6) is -2.52. The number of nitrogens with one attached hydrogen (secondary N) is 1. The van der Waals surface area contributed by atoms with E-state index in [2.05, 4.69) is 27.1 Å². The normalized spacial score (nSPS) is 27.7. The van der Waals surface area contributed by atoms with Crippen LogP contribution in [0.25, 0.3) is 0 Å². The number of fused-ring (bicyclic) bond motifs is 1. The topological polar surface area (TPSA) is 90.0 Å². The van der Waals surface area contributed by atoms with Gasteiger partial charge in [-0.15, -0.1) is 0 Å². The molecule has 3 saturated heterocycles. The van der Waals surface area contributed by atoms with E-state index in [4.69, 9.17) is 0 Å². The quantitative estimate of drug-likeness (QED) is 0.542. The van der Waals surface area contributed by atoms with Crippen molar-refractivity contribution in [1.82, 2.24) is 15.1 Å². The number of nitrogens with zero attached hydrogens (tertiary/aromatic N) is 3. The number of piperazine rings is 1. The lowest BCUT2D eigenvalue weighted by atomic mass is 9.82. The first-order chi connectivity index (χ1) is 15.9. The van der Waals surface area contributed by atoms with Crippen LogP contribution in [0.5, 0.6) is 0 Å². The number of anilines is 1. The van der Waals surface area contributed by atoms with Crippen molar-refractivity contribution in [2.75, 3.05) is 57.8 Å². The summed E-state index contributed by atoms with van der Waals surface area (Å²) in [6.45, 7) is 7.35. The van der Waals surface area contributed by atoms with Crippen LogP contribution in [0.3, 0.4) is 0 Å². The van der Waals surface area contributed by atoms with Gasteiger partial charge >= 0.3 is 0 Å². The van der Waals surface area contributed by atoms with E-state index in [1.807, 2.05) is 12.1 Å². The van der Waals surface area contributed by atoms with Crippen LogP contribution < -0.4 is 10.2 Å². The fourth-order valence-corrected chi connectivity index (χ4v) is 5.86. The molecule has 1 aliphatic carbocycles. The van der Waals surface area contributed by atoms with Gasteiger partial charge in [0.2, 0.25) is 11.8 Å². The fourth-order valence-electron chi connectivity index (χ4n) is 5.86. The van der Waals surface area contributed by atoms with Gasteiger partial charge in [-0.25, -0.2) is 0 Å². The minimum absolute atomic E-state index is 0.164. The third-order valence-electron chi connectivity index (χ3n) is 7.87. The smallest absolute Gasteiger partial charge is 0.230 e. The van der Waals surface area contributed by atoms with E-state index in [-0.39, 0.29) is 30.3 Å². The number of amides is 2. The summed E-state index contributed by atoms with van der Waals surface area (Å²) in [5, 5.41) is 2.29. The number of hydrogen-bond donors (Lipinski definition) is 1. The molecule has 1 aromatic rings. The summed E-state index contributed by atoms with van der Waals surface area (Å²) in [5.41, 5.74) is 1.71. The summed E-state index contributed by atoms with van der Waals surface area (Å²) in [6, 6.07) is 5.46. The zero-order valence-electron chi connectivity index (χ0n) is 19.2. The molecule has 0 spiro atoms. The van der Waals surface area contributed by atoms with Gasteiger partial charge in [-0.1, -0.05) is 12.1 Å². The van der Waals surface area contributed by atoms with Gasteiger partial charge in [0.15, 0.2) is 11.6 Å². The van der Waals surface area contributed by atoms with Crippen LogP contribution in [0, 0.1) is 17.8 Å². The molecule has 3 fully saturated rings. The van der Waals surface area contributed by atoms with E-state index in [0.717, 1.165) is 64.3 Å². The second kappa shape index (κ2) is 8.99. The Hall–Kier alpha value is -2.58. The first-order valence-corrected chi connectivity index (χ1v) is 12.1. The van der Waals surface area contributed by atoms with Gasteiger partial charge in [-0.3, -0.25) is 24.5 Å². The predicted molar refractivity (Wildman–Crippen MR) is 123 cm³/mol. The van der Waals surface area contributed by atoms with Crippen LogP contribution in [0.4, 0.5) is 5.69 Å². The average molecular weight is 453 g/mol. The molecule has 2 unspecified atom stereocenters. The molecular weight excluding hydrogens is 420 g/mol. The number of ketones is 2. The number of benzene rings is 1. The molecular formula is C25H32N4O4. The van der Waals surface area contributed by atoms with E-state index >= 15 is 0 Å². The molecule has 33 heavy (non-hydrogen) atoms. The Morgan fingerprint density at radius 1 is 0.909 bits per heavy atom. The summed E-state index contributed by atoms with van der Waals surface area (Å²) < 4.78 is 0. The zero-order chi connectivity index (χ0) is 23.1. The molecule has 4 aliphatic rings. The lowest BCUT2D eigenvalue weighted by Crippen LogP contribution is -2.47. The molecule has 3 aliphatic heterocycles. The van der Waals surface area contributed by atoms with Crippen molar-refractivity contribution >= 4 is 29.1 Å². The highest BCUT2D eigenvalue weighted by Gasteiger charge is 2.48. The van der Waals surface area contributed by atoms with E-state index < -0.39 is 17.7 Å². The third kappa shape index (κ3) is 4.22. The molecule has 1 aromatic carbocycles. The SMILES string of the molecule is CN1CCN(CC2CCN(c3cccc4c3C(=O)C(C3CCC(=O)NC3=O)C4=O)CC2)CC1. The standard InChI is InChI=1S/C25H32N4O4/c1-27-11-13-28(14-12-27)15-16-7-9-29(10-8-16)19-4-2-3-17-21(19)24(32)22(23(17)31)18-5-6-20(30)26-25(18)33/h2-4,16,18,22H,5-15H2,1H3,(H,26,30,33). The van der Waals surface area contributed by atoms with Crippen molar-refractivity contribution in [3.05, 3.63) is 29.3 Å². The number of imide groups is 1. The Bertz CT molecular complexity index is 977. The molecule has 2 atom stereocenters. The molecule has 1 N–H and O–H groups in total. The third-order valence-corrected chi connectivity index (χ3v) is 7.87. The Labute approximate surface area is 194 Å². The summed E-state index contributed by atoms with van der Waals surface area (Å²) >= 11 is 0. The molecule has 8 nitrogen and oxygen atoms in total. The average Bonchev–Trinajstić information content (AvgIpc) is 3.06. The van der Waals surface area contributed by atoms with Crippen LogP contribution in [0.2, 0.25) is 0 Å². The highest BCUT2D eigenvalue weighted by Crippen LogP contribution is 2.40. The van der Waals surface area contributed by atoms with Crippen LogP contribution in [-0.4, -0.2) is 86.0 Å². The van der Waals surface area contributed by atoms with Gasteiger partial charge in [-0.2, -0.15) is 0 Å². The van der Waals surface area contributed by atoms with Crippen molar-refractivity contribution in [3.8, 4) is 0 Å². The van der Waals surface area contributed by atoms with Crippen LogP contribution in [-0.2, 0) is 9.59 Å². The van der Waals surface area contributed by atoms with Gasteiger partial charge in [0.05, 0.1) is 17.4 Å². The van der Waals surface area contributed by atoms with Gasteiger partial charge in [0.25, 0.3) is 0 Å². The molecule has 0 radical (unpaired) electrons. The van der Waals surface area contributed by atoms with Gasteiger partial charge in [0.1, 0.15) is 0 Å². The summed E-state index contributed by atoms with van der Waals surface area (Å²) in [4.78, 5) is 57.7. The summed E-state index contributed by atoms with van der Waals surface area (Å²) in [7, 11) is 2.17. The number of carbonyl (C=O) groups is 4. The molecule has 8 heteroatoms. The van der Waals surface area contributed by atoms with Crippen molar-refractivity contribution in [2.24, 2.45) is 17.8 Å². The van der Waals surface area contributed by atoms with Crippen molar-refractivity contribution < 1.29 is 19.2 Å². The number of Topliss-reactive ketones (excluding diaryl/α,β-unsaturated/α-hetero) is 2. The molecule has 0 aromatic heterocycles. The van der Waals surface area contributed by atoms with Gasteiger partial charge in [0, 0.05) is 63.5 Å². The Balaban J connectivity index is 1.28. The Morgan fingerprint density at radius 2 is 1.64 bits per heavy atom. The number of piperidine rings is 2. The molecule has 0 saturated carbocycles. The van der Waals surface area contributed by atoms with Crippen LogP contribution in [0.15, 0.2) is 18.2 Å². The van der Waals surface area contributed by atoms with Crippen molar-refractivity contribution in [2.45, 2.75) is 25.7 Å². The lowest BCUT2D eigenvalue weighted by Gasteiger charge is -2.39. The molecule has 176 valence electrons. The van der Waals surface area contributed by atoms with Crippen LogP contribution >= 0.6 is 0 Å². The van der Waals surface area contributed by atoms with E-state index in [1.165, 1.54) is 0 Å². The fraction of sp³-hybridized carbons (Fsp3) is 0.600. The van der Waals surface area contributed by atoms with Gasteiger partial charge in [-0.05, 0) is 38.3 Å². The predicted octanol–water partition coefficient (Wildman–Crippen LogP) is 1.20. The second-order valence-electron chi connectivity index (χ2n) is 10.00. The molecule has 2 amide bonds. The maximum absolute atomic E-state index is 13.4. The largest absolute Gasteiger partial charge is 0.371 e. The van der Waals surface area contributed by atoms with Crippen LogP contribution in [0.1, 0.15) is 46.4 Å². The number of carbonyl (C=O) groups excluding carboxylic acids is 4. The summed E-state index contributed by atoms with van der Waals surface area (Å²) in [6.07, 6.45) is 2.54. The number of likely N-dealkylation sites (N-methyl/N-ethyl adjacent to an activating group) is 1. The molecule has 0 bridgehead atoms. The number of rotatable bonds is 4. The van der Waals surface area contributed by atoms with E-state index in [1.54, 1.807) is 6.07 Å². The van der Waals surface area contributed by atoms with Gasteiger partial charge < -0.3 is 14.7 Å². The maximum Gasteiger partial charge on any atom is 0.230 e. The number of hydrogen-bond acceptors (Lipinski definition) is 7. The van der Waals surface area contributed by atoms with E-state index in [9.17, 15) is 19.2 Å². The first kappa shape index (κ1) is 22.2. The first-order valence-electron chi connectivity index (χ1n) is 12.1. The van der Waals surface area contributed by atoms with Crippen molar-refractivity contribution in [1.29, 1.82) is 0 Å². The Kier molecular flexibility index (Phi) is 6.05. The second-order valence-corrected chi connectivity index (χ2v) is 10.00. The lowest BCUT2D eigenvalue weighted by molar-refractivity contribution is -0.137.